The maximum atomic E-state index is 12.2. The third kappa shape index (κ3) is 3.03. The molecule has 1 aromatic carbocycles. The Kier molecular flexibility index (Phi) is 4.05. The summed E-state index contributed by atoms with van der Waals surface area (Å²) in [5, 5.41) is 3.15. The number of nitrogens with zero attached hydrogens (tertiary/aromatic N) is 1. The van der Waals surface area contributed by atoms with Crippen molar-refractivity contribution < 1.29 is 4.79 Å². The number of anilines is 2. The summed E-state index contributed by atoms with van der Waals surface area (Å²) in [4.78, 5) is 15.5. The lowest BCUT2D eigenvalue weighted by atomic mass is 10.2. The molecule has 0 radical (unpaired) electrons. The molecule has 0 unspecified atom stereocenters. The van der Waals surface area contributed by atoms with Crippen molar-refractivity contribution in [2.24, 2.45) is 0 Å². The highest BCUT2D eigenvalue weighted by atomic mass is 32.2. The smallest absolute Gasteiger partial charge is 0.239 e. The van der Waals surface area contributed by atoms with Gasteiger partial charge in [-0.05, 0) is 31.0 Å². The molecule has 108 valence electrons. The summed E-state index contributed by atoms with van der Waals surface area (Å²) in [6.45, 7) is 1.34. The lowest BCUT2D eigenvalue weighted by Gasteiger charge is -2.30. The lowest BCUT2D eigenvalue weighted by molar-refractivity contribution is -0.120. The van der Waals surface area contributed by atoms with Crippen molar-refractivity contribution in [2.45, 2.75) is 36.6 Å². The van der Waals surface area contributed by atoms with Gasteiger partial charge in [-0.3, -0.25) is 4.79 Å². The SMILES string of the molecule is Nc1ccc2c(c1)N(CC(=O)NC1CCCC1)CCS2. The van der Waals surface area contributed by atoms with Crippen molar-refractivity contribution in [1.82, 2.24) is 5.32 Å². The van der Waals surface area contributed by atoms with Crippen LogP contribution in [0.3, 0.4) is 0 Å². The fourth-order valence-electron chi connectivity index (χ4n) is 2.97. The minimum Gasteiger partial charge on any atom is -0.399 e. The Balaban J connectivity index is 1.66. The van der Waals surface area contributed by atoms with Gasteiger partial charge >= 0.3 is 0 Å². The molecule has 4 nitrogen and oxygen atoms in total. The molecule has 5 heteroatoms. The highest BCUT2D eigenvalue weighted by Gasteiger charge is 2.22. The fraction of sp³-hybridized carbons (Fsp3) is 0.533. The Bertz CT molecular complexity index is 500. The number of hydrogen-bond donors (Lipinski definition) is 2. The van der Waals surface area contributed by atoms with Crippen LogP contribution in [-0.2, 0) is 4.79 Å². The third-order valence-corrected chi connectivity index (χ3v) is 5.04. The van der Waals surface area contributed by atoms with E-state index in [1.807, 2.05) is 23.9 Å². The first-order valence-electron chi connectivity index (χ1n) is 7.29. The van der Waals surface area contributed by atoms with Gasteiger partial charge in [-0.15, -0.1) is 11.8 Å². The number of carbonyl (C=O) groups is 1. The van der Waals surface area contributed by atoms with Crippen LogP contribution in [-0.4, -0.2) is 30.8 Å². The second kappa shape index (κ2) is 5.95. The molecular weight excluding hydrogens is 270 g/mol. The van der Waals surface area contributed by atoms with Gasteiger partial charge in [0.1, 0.15) is 0 Å². The van der Waals surface area contributed by atoms with E-state index in [1.54, 1.807) is 0 Å². The van der Waals surface area contributed by atoms with E-state index in [1.165, 1.54) is 17.7 Å². The van der Waals surface area contributed by atoms with Crippen molar-refractivity contribution in [2.75, 3.05) is 29.5 Å². The summed E-state index contributed by atoms with van der Waals surface area (Å²) in [5.74, 6) is 1.16. The van der Waals surface area contributed by atoms with Crippen LogP contribution in [0.4, 0.5) is 11.4 Å². The predicted molar refractivity (Wildman–Crippen MR) is 84.2 cm³/mol. The molecule has 3 N–H and O–H groups in total. The summed E-state index contributed by atoms with van der Waals surface area (Å²) < 4.78 is 0. The topological polar surface area (TPSA) is 58.4 Å². The number of benzene rings is 1. The zero-order chi connectivity index (χ0) is 13.9. The highest BCUT2D eigenvalue weighted by Crippen LogP contribution is 2.35. The van der Waals surface area contributed by atoms with Crippen molar-refractivity contribution in [3.05, 3.63) is 18.2 Å². The molecule has 1 aliphatic heterocycles. The first-order chi connectivity index (χ1) is 9.72. The van der Waals surface area contributed by atoms with Gasteiger partial charge in [-0.25, -0.2) is 0 Å². The van der Waals surface area contributed by atoms with Crippen molar-refractivity contribution in [3.63, 3.8) is 0 Å². The van der Waals surface area contributed by atoms with Crippen LogP contribution in [0.15, 0.2) is 23.1 Å². The molecule has 1 aromatic rings. The molecule has 1 amide bonds. The minimum atomic E-state index is 0.136. The van der Waals surface area contributed by atoms with Gasteiger partial charge in [-0.2, -0.15) is 0 Å². The van der Waals surface area contributed by atoms with Crippen LogP contribution >= 0.6 is 11.8 Å². The highest BCUT2D eigenvalue weighted by molar-refractivity contribution is 7.99. The van der Waals surface area contributed by atoms with Crippen molar-refractivity contribution in [3.8, 4) is 0 Å². The van der Waals surface area contributed by atoms with Gasteiger partial charge in [0.2, 0.25) is 5.91 Å². The Morgan fingerprint density at radius 1 is 1.40 bits per heavy atom. The molecule has 3 rings (SSSR count). The van der Waals surface area contributed by atoms with E-state index in [-0.39, 0.29) is 5.91 Å². The van der Waals surface area contributed by atoms with Crippen LogP contribution in [0.2, 0.25) is 0 Å². The molecule has 2 aliphatic rings. The molecule has 1 saturated carbocycles. The van der Waals surface area contributed by atoms with Gasteiger partial charge in [0.15, 0.2) is 0 Å². The quantitative estimate of drug-likeness (QED) is 0.839. The molecule has 1 aliphatic carbocycles. The molecule has 0 saturated heterocycles. The van der Waals surface area contributed by atoms with Crippen LogP contribution in [0.5, 0.6) is 0 Å². The van der Waals surface area contributed by atoms with Crippen LogP contribution < -0.4 is 16.0 Å². The van der Waals surface area contributed by atoms with E-state index < -0.39 is 0 Å². The third-order valence-electron chi connectivity index (χ3n) is 4.00. The minimum absolute atomic E-state index is 0.136. The molecular formula is C15H21N3OS. The van der Waals surface area contributed by atoms with Gasteiger partial charge < -0.3 is 16.0 Å². The Morgan fingerprint density at radius 2 is 2.20 bits per heavy atom. The number of nitrogens with one attached hydrogen (secondary N) is 1. The second-order valence-electron chi connectivity index (χ2n) is 5.55. The Morgan fingerprint density at radius 3 is 3.00 bits per heavy atom. The Labute approximate surface area is 124 Å². The normalized spacial score (nSPS) is 18.9. The largest absolute Gasteiger partial charge is 0.399 e. The zero-order valence-corrected chi connectivity index (χ0v) is 12.4. The maximum Gasteiger partial charge on any atom is 0.239 e. The Hall–Kier alpha value is -1.36. The predicted octanol–water partition coefficient (Wildman–Crippen LogP) is 2.24. The number of rotatable bonds is 3. The van der Waals surface area contributed by atoms with Gasteiger partial charge in [0.05, 0.1) is 12.2 Å². The van der Waals surface area contributed by atoms with Crippen LogP contribution in [0, 0.1) is 0 Å². The number of carbonyl (C=O) groups excluding carboxylic acids is 1. The summed E-state index contributed by atoms with van der Waals surface area (Å²) in [5.41, 5.74) is 7.73. The molecule has 0 spiro atoms. The summed E-state index contributed by atoms with van der Waals surface area (Å²) in [7, 11) is 0. The first-order valence-corrected chi connectivity index (χ1v) is 8.27. The number of hydrogen-bond acceptors (Lipinski definition) is 4. The van der Waals surface area contributed by atoms with Crippen LogP contribution in [0.25, 0.3) is 0 Å². The molecule has 0 atom stereocenters. The number of nitrogen functional groups attached to an aromatic ring is 1. The monoisotopic (exact) mass is 291 g/mol. The molecule has 1 heterocycles. The van der Waals surface area contributed by atoms with Crippen molar-refractivity contribution >= 4 is 29.0 Å². The molecule has 1 fully saturated rings. The van der Waals surface area contributed by atoms with E-state index in [0.29, 0.717) is 12.6 Å². The molecule has 0 aromatic heterocycles. The van der Waals surface area contributed by atoms with Gasteiger partial charge in [0.25, 0.3) is 0 Å². The average Bonchev–Trinajstić information content (AvgIpc) is 2.92. The number of fused-ring (bicyclic) bond motifs is 1. The van der Waals surface area contributed by atoms with E-state index in [9.17, 15) is 4.79 Å². The number of nitrogens with two attached hydrogens (primary N) is 1. The maximum absolute atomic E-state index is 12.2. The summed E-state index contributed by atoms with van der Waals surface area (Å²) >= 11 is 1.83. The summed E-state index contributed by atoms with van der Waals surface area (Å²) in [6, 6.07) is 6.34. The lowest BCUT2D eigenvalue weighted by Crippen LogP contribution is -2.43. The standard InChI is InChI=1S/C15H21N3OS/c16-11-5-6-14-13(9-11)18(7-8-20-14)10-15(19)17-12-3-1-2-4-12/h5-6,9,12H,1-4,7-8,10,16H2,(H,17,19). The average molecular weight is 291 g/mol. The second-order valence-corrected chi connectivity index (χ2v) is 6.68. The first kappa shape index (κ1) is 13.6. The van der Waals surface area contributed by atoms with Crippen LogP contribution in [0.1, 0.15) is 25.7 Å². The molecule has 0 bridgehead atoms. The molecule has 20 heavy (non-hydrogen) atoms. The van der Waals surface area contributed by atoms with Gasteiger partial charge in [-0.1, -0.05) is 12.8 Å². The summed E-state index contributed by atoms with van der Waals surface area (Å²) in [6.07, 6.45) is 4.74. The van der Waals surface area contributed by atoms with Crippen molar-refractivity contribution in [1.29, 1.82) is 0 Å². The number of amides is 1. The van der Waals surface area contributed by atoms with E-state index in [2.05, 4.69) is 16.3 Å². The van der Waals surface area contributed by atoms with E-state index >= 15 is 0 Å². The number of thioether (sulfide) groups is 1. The van der Waals surface area contributed by atoms with E-state index in [0.717, 1.165) is 36.5 Å². The zero-order valence-electron chi connectivity index (χ0n) is 11.6. The fourth-order valence-corrected chi connectivity index (χ4v) is 4.00. The van der Waals surface area contributed by atoms with E-state index in [4.69, 9.17) is 5.73 Å². The van der Waals surface area contributed by atoms with Gasteiger partial charge in [0, 0.05) is 28.9 Å².